The van der Waals surface area contributed by atoms with Crippen LogP contribution < -0.4 is 42.5 Å². The first kappa shape index (κ1) is 115. The molecule has 4 saturated heterocycles. The zero-order chi connectivity index (χ0) is 106. The number of benzene rings is 4. The molecule has 147 heavy (non-hydrogen) atoms. The molecule has 4 aromatic carbocycles. The molecule has 0 spiro atoms. The molecule has 39 heteroatoms. The summed E-state index contributed by atoms with van der Waals surface area (Å²) in [5.41, 5.74) is 18.9. The number of nitrogens with one attached hydrogen (secondary N) is 8. The van der Waals surface area contributed by atoms with Gasteiger partial charge in [0.05, 0.1) is 88.7 Å². The minimum Gasteiger partial charge on any atom is -0.391 e. The minimum absolute atomic E-state index is 0.0303. The molecule has 792 valence electrons. The lowest BCUT2D eigenvalue weighted by Gasteiger charge is -2.34. The van der Waals surface area contributed by atoms with Gasteiger partial charge in [0.1, 0.15) is 48.3 Å². The van der Waals surface area contributed by atoms with E-state index in [1.165, 1.54) is 52.5 Å². The number of aromatic nitrogens is 4. The Labute approximate surface area is 889 Å². The van der Waals surface area contributed by atoms with E-state index < -0.39 is 96.4 Å². The van der Waals surface area contributed by atoms with Crippen molar-refractivity contribution >= 4 is 149 Å². The van der Waals surface area contributed by atoms with E-state index in [4.69, 9.17) is 0 Å². The molecule has 12 N–H and O–H groups in total. The lowest BCUT2D eigenvalue weighted by molar-refractivity contribution is -0.143. The maximum absolute atomic E-state index is 14.4. The second-order valence-electron chi connectivity index (χ2n) is 40.3. The average Bonchev–Trinajstić information content (AvgIpc) is 1.69. The molecule has 1 aliphatic carbocycles. The van der Waals surface area contributed by atoms with E-state index in [0.717, 1.165) is 132 Å². The Morgan fingerprint density at radius 2 is 0.633 bits per heavy atom. The Hall–Kier alpha value is -10.7. The van der Waals surface area contributed by atoms with E-state index in [0.29, 0.717) is 55.5 Å². The summed E-state index contributed by atoms with van der Waals surface area (Å²) in [7, 11) is 2.43. The highest BCUT2D eigenvalue weighted by Crippen LogP contribution is 2.37. The first-order valence-electron chi connectivity index (χ1n) is 50.9. The Bertz CT molecular complexity index is 5690. The molecule has 9 aromatic rings. The predicted molar refractivity (Wildman–Crippen MR) is 580 cm³/mol. The molecule has 9 heterocycles. The fourth-order valence-corrected chi connectivity index (χ4v) is 24.8. The highest BCUT2D eigenvalue weighted by atomic mass is 33.1. The summed E-state index contributed by atoms with van der Waals surface area (Å²) in [4.78, 5) is 190. The molecule has 0 unspecified atom stereocenters. The zero-order valence-electron chi connectivity index (χ0n) is 85.8. The van der Waals surface area contributed by atoms with Crippen molar-refractivity contribution in [3.8, 4) is 41.8 Å². The van der Waals surface area contributed by atoms with Crippen LogP contribution in [0.5, 0.6) is 0 Å². The summed E-state index contributed by atoms with van der Waals surface area (Å²) >= 11 is 7.67. The topological polar surface area (TPSA) is 447 Å². The lowest BCUT2D eigenvalue weighted by atomic mass is 9.83. The van der Waals surface area contributed by atoms with E-state index >= 15 is 0 Å². The van der Waals surface area contributed by atoms with Crippen molar-refractivity contribution in [3.63, 3.8) is 0 Å². The van der Waals surface area contributed by atoms with Crippen LogP contribution in [0.1, 0.15) is 220 Å². The van der Waals surface area contributed by atoms with Gasteiger partial charge in [-0.15, -0.1) is 56.7 Å². The van der Waals surface area contributed by atoms with Gasteiger partial charge in [0.25, 0.3) is 5.91 Å². The fourth-order valence-electron chi connectivity index (χ4n) is 18.4. The van der Waals surface area contributed by atoms with Crippen LogP contribution in [-0.2, 0) is 83.7 Å². The predicted octanol–water partition coefficient (Wildman–Crippen LogP) is 13.9. The summed E-state index contributed by atoms with van der Waals surface area (Å²) in [5, 5.41) is 67.6. The summed E-state index contributed by atoms with van der Waals surface area (Å²) in [6.45, 7) is 25.1. The van der Waals surface area contributed by atoms with Crippen LogP contribution in [0, 0.1) is 57.3 Å². The number of amides is 12. The second kappa shape index (κ2) is 56.2. The third-order valence-corrected chi connectivity index (χ3v) is 34.1. The Balaban J connectivity index is 0.000000211. The van der Waals surface area contributed by atoms with Crippen LogP contribution in [0.2, 0.25) is 0 Å². The summed E-state index contributed by atoms with van der Waals surface area (Å²) in [5.74, 6) is -2.74. The lowest BCUT2D eigenvalue weighted by Crippen LogP contribution is -2.56. The fraction of sp³-hybridized carbons (Fsp3) is 0.519. The van der Waals surface area contributed by atoms with Crippen LogP contribution in [0.4, 0.5) is 0 Å². The number of hydrogen-bond acceptors (Lipinski definition) is 27. The van der Waals surface area contributed by atoms with Crippen LogP contribution >= 0.6 is 78.3 Å². The number of rotatable bonds is 43. The number of carbonyl (C=O) groups is 12. The first-order chi connectivity index (χ1) is 70.4. The van der Waals surface area contributed by atoms with Gasteiger partial charge in [0, 0.05) is 120 Å². The smallest absolute Gasteiger partial charge is 0.251 e. The number of carbonyl (C=O) groups excluding carboxylic acids is 12. The molecule has 4 aliphatic heterocycles. The monoisotopic (exact) mass is 2140 g/mol. The van der Waals surface area contributed by atoms with Gasteiger partial charge in [-0.2, -0.15) is 0 Å². The largest absolute Gasteiger partial charge is 0.391 e. The molecule has 5 aromatic heterocycles. The van der Waals surface area contributed by atoms with Gasteiger partial charge in [-0.05, 0) is 152 Å². The van der Waals surface area contributed by atoms with Gasteiger partial charge in [-0.3, -0.25) is 57.5 Å². The van der Waals surface area contributed by atoms with Gasteiger partial charge in [-0.1, -0.05) is 199 Å². The Morgan fingerprint density at radius 1 is 0.354 bits per heavy atom. The maximum atomic E-state index is 14.4. The van der Waals surface area contributed by atoms with Crippen molar-refractivity contribution in [1.82, 2.24) is 82.1 Å². The highest BCUT2D eigenvalue weighted by molar-refractivity contribution is 8.76. The number of nitrogens with zero attached hydrogens (tertiary/aromatic N) is 8. The normalized spacial score (nSPS) is 19.1. The van der Waals surface area contributed by atoms with E-state index in [9.17, 15) is 78.0 Å². The molecule has 5 aliphatic rings. The third kappa shape index (κ3) is 33.6. The van der Waals surface area contributed by atoms with Crippen LogP contribution in [0.25, 0.3) is 41.8 Å². The standard InChI is InChI=1S/C50H66N8O8S4.C30H42N4O4S.C28H34N4O4S2/c1-29(2)7-17-43(61)55-39(49(65)57-23-37(59)19-41(57)47(63)51-21-33-9-13-35(14-10-33)45-31(5)53-27-67-45)25-69-70-26-40(56-44(62)18-8-30(3)4)50(66)58-24-38(60)20-42(58)48(64)52-22-34-11-15-36(16-12-34)46-32(6)54-28-68-46;1-19(2)9-14-26(36)33-27(22-7-5-4-6-8-22)30(38)34-17-24(35)15-25(34)29(37)31-16-21-10-12-23(13-11-21)28-20(3)32-18-39-28;1-17(2)6-11-24(34)31-25(23-5-4-12-37-23)28(36)32-15-21(33)13-22(32)27(35)29-14-19-7-9-20(10-8-19)26-18(3)30-16-38-26/h9-16,27-30,37-42,59-60H,7-8,17-26H2,1-6H3,(H,51,63)(H,52,64)(H,55,61)(H,56,62);10-13,18-19,22,24-25,27,35H,4-9,14-17H2,1-3H3,(H,31,37)(H,33,36);4-5,7-10,12,16-17,21-22,25,33H,6,11,13-15H2,1-3H3,(H,29,35)(H,31,34)/t37-,38+,39+,40-,41+,42-;24-,25+,27+;21-,22+,25+/m.11/s1. The highest BCUT2D eigenvalue weighted by Gasteiger charge is 2.48. The summed E-state index contributed by atoms with van der Waals surface area (Å²) in [6.07, 6.45) is 5.62. The molecule has 0 bridgehead atoms. The molecular formula is C108H142N16O16S7. The molecule has 32 nitrogen and oxygen atoms in total. The maximum Gasteiger partial charge on any atom is 0.251 e. The number of β-amino-alcohol motifs (C(OH)–C–C–N with tert-alkyl or cyclic N) is 4. The van der Waals surface area contributed by atoms with E-state index in [1.54, 1.807) is 62.4 Å². The summed E-state index contributed by atoms with van der Waals surface area (Å²) < 4.78 is 0. The molecule has 14 rings (SSSR count). The van der Waals surface area contributed by atoms with E-state index in [1.807, 2.05) is 189 Å². The molecule has 1 saturated carbocycles. The van der Waals surface area contributed by atoms with Crippen LogP contribution in [-0.4, -0.2) is 235 Å². The Kier molecular flexibility index (Phi) is 44.0. The van der Waals surface area contributed by atoms with Crippen molar-refractivity contribution in [2.45, 2.75) is 291 Å². The zero-order valence-corrected chi connectivity index (χ0v) is 91.5. The van der Waals surface area contributed by atoms with Crippen molar-refractivity contribution < 1.29 is 78.0 Å². The van der Waals surface area contributed by atoms with Gasteiger partial charge in [0.15, 0.2) is 0 Å². The molecular weight excluding hydrogens is 2000 g/mol. The van der Waals surface area contributed by atoms with Crippen LogP contribution in [0.3, 0.4) is 0 Å². The van der Waals surface area contributed by atoms with Gasteiger partial charge >= 0.3 is 0 Å². The first-order valence-corrected chi connectivity index (χ1v) is 57.8. The van der Waals surface area contributed by atoms with Gasteiger partial charge in [0.2, 0.25) is 65.0 Å². The van der Waals surface area contributed by atoms with Gasteiger partial charge < -0.3 is 82.6 Å². The van der Waals surface area contributed by atoms with Crippen molar-refractivity contribution in [1.29, 1.82) is 0 Å². The van der Waals surface area contributed by atoms with E-state index in [-0.39, 0.29) is 154 Å². The van der Waals surface area contributed by atoms with E-state index in [2.05, 4.69) is 76.3 Å². The summed E-state index contributed by atoms with van der Waals surface area (Å²) in [6, 6.07) is 27.9. The number of aliphatic hydroxyl groups is 4. The number of aryl methyl sites for hydroxylation is 4. The Morgan fingerprint density at radius 3 is 0.905 bits per heavy atom. The van der Waals surface area contributed by atoms with Crippen LogP contribution in [0.15, 0.2) is 137 Å². The molecule has 12 amide bonds. The third-order valence-electron chi connectivity index (χ3n) is 26.9. The SMILES string of the molecule is Cc1ncsc1-c1ccc(CNC(=O)[C@@H]2C[C@@H](O)CN2C(=O)[C@@H](NC(=O)CCC(C)C)C2CCCCC2)cc1.Cc1ncsc1-c1ccc(CNC(=O)[C@@H]2C[C@@H](O)CN2C(=O)[C@@H](NC(=O)CCC(C)C)c2cccs2)cc1.Cc1ncsc1-c1ccc(CNC(=O)[C@H]2C[C@H](O)CN2C(=O)[C@@H](CSSC[C@H](NC(=O)CCC(C)C)C(=O)N2C[C@H](O)C[C@H]2C(=O)NCc2ccc(-c3scnc3C)cc2)NC(=O)CCC(C)C)cc1. The second-order valence-corrected chi connectivity index (χ2v) is 47.3. The number of aliphatic hydroxyl groups excluding tert-OH is 4. The molecule has 5 fully saturated rings. The quantitative estimate of drug-likeness (QED) is 0.0125. The van der Waals surface area contributed by atoms with Crippen molar-refractivity contribution in [2.24, 2.45) is 29.6 Å². The number of hydrogen-bond donors (Lipinski definition) is 12. The number of thiazole rings is 4. The molecule has 12 atom stereocenters. The minimum atomic E-state index is -1.08. The average molecular weight is 2140 g/mol. The van der Waals surface area contributed by atoms with Crippen molar-refractivity contribution in [2.75, 3.05) is 37.7 Å². The van der Waals surface area contributed by atoms with Crippen molar-refractivity contribution in [3.05, 3.63) is 187 Å². The van der Waals surface area contributed by atoms with Gasteiger partial charge in [-0.25, -0.2) is 19.9 Å². The number of likely N-dealkylation sites (tertiary alicyclic amines) is 4. The number of thiophene rings is 1. The molecule has 0 radical (unpaired) electrons.